The number of rotatable bonds is 3. The van der Waals surface area contributed by atoms with Crippen molar-refractivity contribution in [1.82, 2.24) is 4.98 Å². The Morgan fingerprint density at radius 2 is 2.05 bits per heavy atom. The van der Waals surface area contributed by atoms with Crippen molar-refractivity contribution >= 4 is 29.6 Å². The maximum Gasteiger partial charge on any atom is 0.140 e. The third-order valence-electron chi connectivity index (χ3n) is 3.25. The summed E-state index contributed by atoms with van der Waals surface area (Å²) in [5.41, 5.74) is 1.25. The molecule has 5 heteroatoms. The van der Waals surface area contributed by atoms with E-state index in [2.05, 4.69) is 29.4 Å². The van der Waals surface area contributed by atoms with E-state index in [1.54, 1.807) is 11.3 Å². The summed E-state index contributed by atoms with van der Waals surface area (Å²) >= 11 is 1.77. The lowest BCUT2D eigenvalue weighted by Gasteiger charge is -2.04. The van der Waals surface area contributed by atoms with E-state index in [4.69, 9.17) is 4.74 Å². The second-order valence-electron chi connectivity index (χ2n) is 4.86. The zero-order valence-corrected chi connectivity index (χ0v) is 13.1. The summed E-state index contributed by atoms with van der Waals surface area (Å²) in [6, 6.07) is 8.14. The van der Waals surface area contributed by atoms with Crippen molar-refractivity contribution in [2.75, 3.05) is 11.9 Å². The van der Waals surface area contributed by atoms with Crippen molar-refractivity contribution in [1.29, 1.82) is 0 Å². The Bertz CT molecular complexity index is 530. The Labute approximate surface area is 129 Å². The van der Waals surface area contributed by atoms with Crippen molar-refractivity contribution in [3.8, 4) is 5.75 Å². The first-order valence-corrected chi connectivity index (χ1v) is 7.55. The summed E-state index contributed by atoms with van der Waals surface area (Å²) in [5.74, 6) is 1.98. The van der Waals surface area contributed by atoms with E-state index in [1.165, 1.54) is 23.3 Å². The van der Waals surface area contributed by atoms with E-state index in [-0.39, 0.29) is 12.4 Å². The van der Waals surface area contributed by atoms with Crippen LogP contribution in [-0.4, -0.2) is 11.5 Å². The number of hydrogen-bond donors (Lipinski definition) is 1. The summed E-state index contributed by atoms with van der Waals surface area (Å²) in [6.45, 7) is 3.67. The SMILES string of the molecule is Cc1ccc(OCc2nc3c(s2)CCCCN3)cc1.Cl. The molecule has 108 valence electrons. The molecule has 0 bridgehead atoms. The van der Waals surface area contributed by atoms with Gasteiger partial charge in [0.25, 0.3) is 0 Å². The molecule has 0 atom stereocenters. The molecule has 2 heterocycles. The first-order valence-electron chi connectivity index (χ1n) is 6.73. The molecule has 20 heavy (non-hydrogen) atoms. The van der Waals surface area contributed by atoms with Crippen LogP contribution in [0, 0.1) is 6.92 Å². The average Bonchev–Trinajstić information content (AvgIpc) is 2.68. The fourth-order valence-corrected chi connectivity index (χ4v) is 3.17. The predicted molar refractivity (Wildman–Crippen MR) is 86.3 cm³/mol. The van der Waals surface area contributed by atoms with Crippen LogP contribution < -0.4 is 10.1 Å². The number of nitrogens with zero attached hydrogens (tertiary/aromatic N) is 1. The summed E-state index contributed by atoms with van der Waals surface area (Å²) < 4.78 is 5.78. The van der Waals surface area contributed by atoms with Crippen LogP contribution in [0.5, 0.6) is 5.75 Å². The van der Waals surface area contributed by atoms with E-state index in [9.17, 15) is 0 Å². The monoisotopic (exact) mass is 310 g/mol. The molecule has 0 saturated heterocycles. The minimum Gasteiger partial charge on any atom is -0.486 e. The average molecular weight is 311 g/mol. The smallest absolute Gasteiger partial charge is 0.140 e. The molecular formula is C15H19ClN2OS. The van der Waals surface area contributed by atoms with Gasteiger partial charge in [-0.3, -0.25) is 0 Å². The number of thiazole rings is 1. The number of nitrogens with one attached hydrogen (secondary N) is 1. The minimum absolute atomic E-state index is 0. The molecule has 0 amide bonds. The second kappa shape index (κ2) is 6.95. The number of fused-ring (bicyclic) bond motifs is 1. The van der Waals surface area contributed by atoms with Gasteiger partial charge in [0.05, 0.1) is 0 Å². The number of aryl methyl sites for hydroxylation is 2. The lowest BCUT2D eigenvalue weighted by molar-refractivity contribution is 0.305. The van der Waals surface area contributed by atoms with E-state index in [1.807, 2.05) is 12.1 Å². The second-order valence-corrected chi connectivity index (χ2v) is 6.03. The molecule has 0 spiro atoms. The summed E-state index contributed by atoms with van der Waals surface area (Å²) in [6.07, 6.45) is 3.63. The molecule has 0 saturated carbocycles. The quantitative estimate of drug-likeness (QED) is 0.922. The summed E-state index contributed by atoms with van der Waals surface area (Å²) in [4.78, 5) is 6.00. The topological polar surface area (TPSA) is 34.1 Å². The Morgan fingerprint density at radius 1 is 1.25 bits per heavy atom. The van der Waals surface area contributed by atoms with Gasteiger partial charge in [0.2, 0.25) is 0 Å². The zero-order chi connectivity index (χ0) is 13.1. The molecule has 0 aliphatic carbocycles. The van der Waals surface area contributed by atoms with Gasteiger partial charge in [-0.25, -0.2) is 4.98 Å². The Hall–Kier alpha value is -1.26. The molecule has 1 aromatic heterocycles. The highest BCUT2D eigenvalue weighted by atomic mass is 35.5. The van der Waals surface area contributed by atoms with Crippen molar-refractivity contribution in [3.63, 3.8) is 0 Å². The van der Waals surface area contributed by atoms with Crippen LogP contribution in [0.3, 0.4) is 0 Å². The predicted octanol–water partition coefficient (Wildman–Crippen LogP) is 4.20. The van der Waals surface area contributed by atoms with Crippen molar-refractivity contribution in [3.05, 3.63) is 39.7 Å². The summed E-state index contributed by atoms with van der Waals surface area (Å²) in [7, 11) is 0. The number of anilines is 1. The third kappa shape index (κ3) is 3.64. The van der Waals surface area contributed by atoms with Gasteiger partial charge in [-0.15, -0.1) is 23.7 Å². The van der Waals surface area contributed by atoms with Crippen LogP contribution in [0.15, 0.2) is 24.3 Å². The van der Waals surface area contributed by atoms with Crippen LogP contribution in [0.4, 0.5) is 5.82 Å². The van der Waals surface area contributed by atoms with E-state index in [0.717, 1.165) is 29.5 Å². The van der Waals surface area contributed by atoms with E-state index in [0.29, 0.717) is 6.61 Å². The maximum absolute atomic E-state index is 5.78. The molecule has 0 fully saturated rings. The van der Waals surface area contributed by atoms with Gasteiger partial charge in [-0.05, 0) is 38.3 Å². The minimum atomic E-state index is 0. The Kier molecular flexibility index (Phi) is 5.26. The molecule has 1 aliphatic heterocycles. The molecule has 1 aromatic carbocycles. The molecule has 3 rings (SSSR count). The lowest BCUT2D eigenvalue weighted by Crippen LogP contribution is -2.00. The zero-order valence-electron chi connectivity index (χ0n) is 11.5. The largest absolute Gasteiger partial charge is 0.486 e. The van der Waals surface area contributed by atoms with E-state index < -0.39 is 0 Å². The van der Waals surface area contributed by atoms with Gasteiger partial charge >= 0.3 is 0 Å². The number of benzene rings is 1. The molecule has 0 radical (unpaired) electrons. The van der Waals surface area contributed by atoms with Crippen LogP contribution >= 0.6 is 23.7 Å². The van der Waals surface area contributed by atoms with Crippen LogP contribution in [0.2, 0.25) is 0 Å². The van der Waals surface area contributed by atoms with Gasteiger partial charge < -0.3 is 10.1 Å². The standard InChI is InChI=1S/C15H18N2OS.ClH/c1-11-5-7-12(8-6-11)18-10-14-17-15-13(19-14)4-2-3-9-16-15;/h5-8,16H,2-4,9-10H2,1H3;1H. The molecule has 3 nitrogen and oxygen atoms in total. The van der Waals surface area contributed by atoms with E-state index >= 15 is 0 Å². The normalized spacial score (nSPS) is 13.7. The number of ether oxygens (including phenoxy) is 1. The van der Waals surface area contributed by atoms with Crippen LogP contribution in [0.1, 0.15) is 28.3 Å². The third-order valence-corrected chi connectivity index (χ3v) is 4.34. The van der Waals surface area contributed by atoms with Gasteiger partial charge in [-0.2, -0.15) is 0 Å². The molecular weight excluding hydrogens is 292 g/mol. The fourth-order valence-electron chi connectivity index (χ4n) is 2.17. The summed E-state index contributed by atoms with van der Waals surface area (Å²) in [5, 5.41) is 4.45. The molecule has 2 aromatic rings. The van der Waals surface area contributed by atoms with Crippen molar-refractivity contribution < 1.29 is 4.74 Å². The maximum atomic E-state index is 5.78. The van der Waals surface area contributed by atoms with Gasteiger partial charge in [0, 0.05) is 11.4 Å². The van der Waals surface area contributed by atoms with Crippen molar-refractivity contribution in [2.24, 2.45) is 0 Å². The highest BCUT2D eigenvalue weighted by molar-refractivity contribution is 7.12. The van der Waals surface area contributed by atoms with Crippen LogP contribution in [-0.2, 0) is 13.0 Å². The molecule has 0 unspecified atom stereocenters. The first-order chi connectivity index (χ1) is 9.31. The highest BCUT2D eigenvalue weighted by Crippen LogP contribution is 2.28. The van der Waals surface area contributed by atoms with Gasteiger partial charge in [0.15, 0.2) is 0 Å². The lowest BCUT2D eigenvalue weighted by atomic mass is 10.2. The Balaban J connectivity index is 0.00000147. The van der Waals surface area contributed by atoms with Crippen molar-refractivity contribution in [2.45, 2.75) is 32.8 Å². The number of halogens is 1. The van der Waals surface area contributed by atoms with Gasteiger partial charge in [-0.1, -0.05) is 17.7 Å². The highest BCUT2D eigenvalue weighted by Gasteiger charge is 2.13. The molecule has 1 aliphatic rings. The number of aromatic nitrogens is 1. The number of hydrogen-bond acceptors (Lipinski definition) is 4. The van der Waals surface area contributed by atoms with Crippen LogP contribution in [0.25, 0.3) is 0 Å². The van der Waals surface area contributed by atoms with Gasteiger partial charge in [0.1, 0.15) is 23.2 Å². The first kappa shape index (κ1) is 15.1. The fraction of sp³-hybridized carbons (Fsp3) is 0.400. The molecule has 1 N–H and O–H groups in total. The Morgan fingerprint density at radius 3 is 2.85 bits per heavy atom.